The van der Waals surface area contributed by atoms with Crippen molar-refractivity contribution in [2.45, 2.75) is 11.6 Å². The maximum absolute atomic E-state index is 11.9. The van der Waals surface area contributed by atoms with E-state index in [2.05, 4.69) is 15.4 Å². The number of anilines is 2. The van der Waals surface area contributed by atoms with Gasteiger partial charge in [-0.2, -0.15) is 5.10 Å². The zero-order valence-electron chi connectivity index (χ0n) is 11.9. The molecule has 8 heteroatoms. The summed E-state index contributed by atoms with van der Waals surface area (Å²) < 4.78 is 6.86. The van der Waals surface area contributed by atoms with Crippen molar-refractivity contribution in [2.24, 2.45) is 7.05 Å². The van der Waals surface area contributed by atoms with E-state index in [9.17, 15) is 4.79 Å². The fraction of sp³-hybridized carbons (Fsp3) is 0.308. The molecule has 0 aliphatic rings. The van der Waals surface area contributed by atoms with E-state index in [0.717, 1.165) is 5.16 Å². The Hall–Kier alpha value is -2.22. The first kappa shape index (κ1) is 15.2. The molecule has 1 aromatic heterocycles. The minimum absolute atomic E-state index is 0.0901. The fourth-order valence-corrected chi connectivity index (χ4v) is 2.50. The van der Waals surface area contributed by atoms with Crippen LogP contribution in [-0.2, 0) is 11.8 Å². The number of hydrogen-bond acceptors (Lipinski definition) is 6. The van der Waals surface area contributed by atoms with Crippen LogP contribution in [-0.4, -0.2) is 33.5 Å². The molecule has 0 bridgehead atoms. The number of rotatable bonds is 6. The van der Waals surface area contributed by atoms with Crippen LogP contribution in [0.2, 0.25) is 0 Å². The quantitative estimate of drug-likeness (QED) is 0.621. The fourth-order valence-electron chi connectivity index (χ4n) is 1.68. The van der Waals surface area contributed by atoms with Crippen molar-refractivity contribution in [3.8, 4) is 5.75 Å². The second kappa shape index (κ2) is 6.98. The molecule has 0 aliphatic carbocycles. The zero-order valence-corrected chi connectivity index (χ0v) is 12.7. The number of nitrogen functional groups attached to an aromatic ring is 1. The van der Waals surface area contributed by atoms with Crippen molar-refractivity contribution in [2.75, 3.05) is 23.9 Å². The van der Waals surface area contributed by atoms with Crippen LogP contribution in [0.15, 0.2) is 29.7 Å². The summed E-state index contributed by atoms with van der Waals surface area (Å²) in [5.74, 6) is 1.08. The molecule has 1 heterocycles. The second-order valence-corrected chi connectivity index (χ2v) is 5.33. The number of thioether (sulfide) groups is 1. The van der Waals surface area contributed by atoms with Crippen LogP contribution in [0.25, 0.3) is 0 Å². The molecule has 0 aliphatic heterocycles. The third-order valence-electron chi connectivity index (χ3n) is 2.73. The van der Waals surface area contributed by atoms with Crippen molar-refractivity contribution < 1.29 is 9.53 Å². The Labute approximate surface area is 126 Å². The lowest BCUT2D eigenvalue weighted by Gasteiger charge is -2.10. The Balaban J connectivity index is 1.86. The number of aromatic nitrogens is 3. The molecule has 0 atom stereocenters. The number of methoxy groups -OCH3 is 1. The Morgan fingerprint density at radius 2 is 2.33 bits per heavy atom. The van der Waals surface area contributed by atoms with Gasteiger partial charge >= 0.3 is 0 Å². The third kappa shape index (κ3) is 4.12. The summed E-state index contributed by atoms with van der Waals surface area (Å²) in [6.07, 6.45) is 1.85. The van der Waals surface area contributed by atoms with Crippen LogP contribution in [0, 0.1) is 0 Å². The molecule has 21 heavy (non-hydrogen) atoms. The van der Waals surface area contributed by atoms with Gasteiger partial charge < -0.3 is 15.8 Å². The number of benzene rings is 1. The number of aryl methyl sites for hydroxylation is 1. The lowest BCUT2D eigenvalue weighted by Crippen LogP contribution is -2.13. The molecule has 0 radical (unpaired) electrons. The third-order valence-corrected chi connectivity index (χ3v) is 3.77. The molecule has 1 aromatic carbocycles. The van der Waals surface area contributed by atoms with Gasteiger partial charge in [0.15, 0.2) is 5.16 Å². The number of nitrogens with zero attached hydrogens (tertiary/aromatic N) is 3. The van der Waals surface area contributed by atoms with Crippen molar-refractivity contribution >= 4 is 29.0 Å². The molecule has 0 spiro atoms. The van der Waals surface area contributed by atoms with E-state index in [0.29, 0.717) is 29.3 Å². The van der Waals surface area contributed by atoms with Gasteiger partial charge in [0.05, 0.1) is 12.8 Å². The van der Waals surface area contributed by atoms with Crippen LogP contribution in [0.1, 0.15) is 6.42 Å². The molecule has 0 saturated heterocycles. The number of nitrogens with two attached hydrogens (primary N) is 1. The molecule has 0 unspecified atom stereocenters. The lowest BCUT2D eigenvalue weighted by atomic mass is 10.2. The van der Waals surface area contributed by atoms with Crippen LogP contribution in [0.5, 0.6) is 5.75 Å². The molecule has 2 aromatic rings. The monoisotopic (exact) mass is 307 g/mol. The maximum Gasteiger partial charge on any atom is 0.225 e. The second-order valence-electron chi connectivity index (χ2n) is 4.27. The highest BCUT2D eigenvalue weighted by Crippen LogP contribution is 2.26. The molecule has 2 rings (SSSR count). The SMILES string of the molecule is COc1cc(N)ccc1NC(=O)CCSc1ncnn1C. The Kier molecular flexibility index (Phi) is 5.04. The topological polar surface area (TPSA) is 95.1 Å². The molecule has 0 fully saturated rings. The highest BCUT2D eigenvalue weighted by molar-refractivity contribution is 7.99. The maximum atomic E-state index is 11.9. The normalized spacial score (nSPS) is 10.4. The molecule has 112 valence electrons. The van der Waals surface area contributed by atoms with Crippen molar-refractivity contribution in [3.05, 3.63) is 24.5 Å². The van der Waals surface area contributed by atoms with Gasteiger partial charge in [-0.1, -0.05) is 11.8 Å². The van der Waals surface area contributed by atoms with Crippen molar-refractivity contribution in [3.63, 3.8) is 0 Å². The Morgan fingerprint density at radius 3 is 3.00 bits per heavy atom. The van der Waals surface area contributed by atoms with Crippen LogP contribution in [0.4, 0.5) is 11.4 Å². The van der Waals surface area contributed by atoms with Crippen molar-refractivity contribution in [1.29, 1.82) is 0 Å². The number of hydrogen-bond donors (Lipinski definition) is 2. The Morgan fingerprint density at radius 1 is 1.52 bits per heavy atom. The number of carbonyl (C=O) groups excluding carboxylic acids is 1. The van der Waals surface area contributed by atoms with E-state index in [1.807, 2.05) is 7.05 Å². The highest BCUT2D eigenvalue weighted by atomic mass is 32.2. The summed E-state index contributed by atoms with van der Waals surface area (Å²) in [7, 11) is 3.35. The van der Waals surface area contributed by atoms with Gasteiger partial charge in [0.1, 0.15) is 12.1 Å². The van der Waals surface area contributed by atoms with Gasteiger partial charge in [-0.3, -0.25) is 4.79 Å². The number of amides is 1. The Bertz CT molecular complexity index is 629. The first-order valence-electron chi connectivity index (χ1n) is 6.30. The molecule has 0 saturated carbocycles. The van der Waals surface area contributed by atoms with Crippen LogP contribution < -0.4 is 15.8 Å². The summed E-state index contributed by atoms with van der Waals surface area (Å²) in [5.41, 5.74) is 6.87. The standard InChI is InChI=1S/C13H17N5O2S/c1-18-13(15-8-16-18)21-6-5-12(19)17-10-4-3-9(14)7-11(10)20-2/h3-4,7-8H,5-6,14H2,1-2H3,(H,17,19). The summed E-state index contributed by atoms with van der Waals surface area (Å²) in [6.45, 7) is 0. The van der Waals surface area contributed by atoms with Gasteiger partial charge in [0.25, 0.3) is 0 Å². The van der Waals surface area contributed by atoms with Gasteiger partial charge in [-0.15, -0.1) is 0 Å². The number of nitrogens with one attached hydrogen (secondary N) is 1. The summed E-state index contributed by atoms with van der Waals surface area (Å²) in [5, 5.41) is 7.56. The molecular weight excluding hydrogens is 290 g/mol. The average molecular weight is 307 g/mol. The van der Waals surface area contributed by atoms with Gasteiger partial charge in [-0.05, 0) is 12.1 Å². The summed E-state index contributed by atoms with van der Waals surface area (Å²) in [6, 6.07) is 5.11. The van der Waals surface area contributed by atoms with Crippen LogP contribution >= 0.6 is 11.8 Å². The van der Waals surface area contributed by atoms with E-state index < -0.39 is 0 Å². The first-order valence-corrected chi connectivity index (χ1v) is 7.29. The zero-order chi connectivity index (χ0) is 15.2. The summed E-state index contributed by atoms with van der Waals surface area (Å²) >= 11 is 1.48. The predicted molar refractivity (Wildman–Crippen MR) is 82.4 cm³/mol. The molecular formula is C13H17N5O2S. The van der Waals surface area contributed by atoms with E-state index in [-0.39, 0.29) is 5.91 Å². The minimum Gasteiger partial charge on any atom is -0.494 e. The van der Waals surface area contributed by atoms with Gasteiger partial charge in [0, 0.05) is 31.0 Å². The number of ether oxygens (including phenoxy) is 1. The van der Waals surface area contributed by atoms with Crippen LogP contribution in [0.3, 0.4) is 0 Å². The van der Waals surface area contributed by atoms with E-state index in [4.69, 9.17) is 10.5 Å². The molecule has 1 amide bonds. The van der Waals surface area contributed by atoms with E-state index >= 15 is 0 Å². The first-order chi connectivity index (χ1) is 10.1. The van der Waals surface area contributed by atoms with Gasteiger partial charge in [-0.25, -0.2) is 9.67 Å². The largest absolute Gasteiger partial charge is 0.494 e. The smallest absolute Gasteiger partial charge is 0.225 e. The summed E-state index contributed by atoms with van der Waals surface area (Å²) in [4.78, 5) is 16.0. The highest BCUT2D eigenvalue weighted by Gasteiger charge is 2.09. The van der Waals surface area contributed by atoms with Gasteiger partial charge in [0.2, 0.25) is 5.91 Å². The molecule has 7 nitrogen and oxygen atoms in total. The molecule has 3 N–H and O–H groups in total. The number of carbonyl (C=O) groups is 1. The average Bonchev–Trinajstić information content (AvgIpc) is 2.86. The predicted octanol–water partition coefficient (Wildman–Crippen LogP) is 1.53. The van der Waals surface area contributed by atoms with Crippen molar-refractivity contribution in [1.82, 2.24) is 14.8 Å². The van der Waals surface area contributed by atoms with E-state index in [1.54, 1.807) is 22.9 Å². The van der Waals surface area contributed by atoms with E-state index in [1.165, 1.54) is 25.2 Å². The minimum atomic E-state index is -0.0901. The lowest BCUT2D eigenvalue weighted by molar-refractivity contribution is -0.115.